The van der Waals surface area contributed by atoms with E-state index in [4.69, 9.17) is 14.2 Å². The van der Waals surface area contributed by atoms with Gasteiger partial charge in [0.2, 0.25) is 5.95 Å². The van der Waals surface area contributed by atoms with E-state index in [0.717, 1.165) is 24.3 Å². The Morgan fingerprint density at radius 1 is 0.828 bits per heavy atom. The lowest BCUT2D eigenvalue weighted by molar-refractivity contribution is 0.354. The van der Waals surface area contributed by atoms with Crippen LogP contribution in [0.1, 0.15) is 11.1 Å². The third-order valence-corrected chi connectivity index (χ3v) is 4.34. The zero-order chi connectivity index (χ0) is 20.5. The molecule has 0 atom stereocenters. The Bertz CT molecular complexity index is 918. The molecule has 29 heavy (non-hydrogen) atoms. The largest absolute Gasteiger partial charge is 0.497 e. The Morgan fingerprint density at radius 2 is 1.59 bits per heavy atom. The van der Waals surface area contributed by atoms with Crippen molar-refractivity contribution in [1.82, 2.24) is 15.2 Å². The van der Waals surface area contributed by atoms with Gasteiger partial charge in [-0.2, -0.15) is 10.1 Å². The highest BCUT2D eigenvalue weighted by Gasteiger charge is 2.06. The van der Waals surface area contributed by atoms with Crippen LogP contribution in [0.25, 0.3) is 0 Å². The Labute approximate surface area is 170 Å². The van der Waals surface area contributed by atoms with Gasteiger partial charge < -0.3 is 24.8 Å². The number of hydrogen-bond acceptors (Lipinski definition) is 8. The third kappa shape index (κ3) is 5.71. The minimum Gasteiger partial charge on any atom is -0.497 e. The maximum atomic E-state index is 5.33. The van der Waals surface area contributed by atoms with E-state index in [9.17, 15) is 0 Å². The number of ether oxygens (including phenoxy) is 3. The molecule has 0 bridgehead atoms. The van der Waals surface area contributed by atoms with E-state index in [2.05, 4.69) is 37.9 Å². The molecule has 152 valence electrons. The fraction of sp³-hybridized carbons (Fsp3) is 0.286. The van der Waals surface area contributed by atoms with Gasteiger partial charge in [-0.1, -0.05) is 18.2 Å². The van der Waals surface area contributed by atoms with Crippen molar-refractivity contribution in [1.29, 1.82) is 0 Å². The van der Waals surface area contributed by atoms with Crippen molar-refractivity contribution >= 4 is 11.8 Å². The van der Waals surface area contributed by atoms with Gasteiger partial charge in [-0.25, -0.2) is 0 Å². The second-order valence-electron chi connectivity index (χ2n) is 6.23. The zero-order valence-electron chi connectivity index (χ0n) is 16.8. The summed E-state index contributed by atoms with van der Waals surface area (Å²) >= 11 is 0. The molecule has 0 fully saturated rings. The van der Waals surface area contributed by atoms with Crippen LogP contribution in [0.5, 0.6) is 17.2 Å². The van der Waals surface area contributed by atoms with E-state index in [0.29, 0.717) is 29.8 Å². The van der Waals surface area contributed by atoms with Crippen LogP contribution in [0.15, 0.2) is 48.7 Å². The molecule has 0 saturated heterocycles. The smallest absolute Gasteiger partial charge is 0.244 e. The monoisotopic (exact) mass is 395 g/mol. The normalized spacial score (nSPS) is 10.3. The Balaban J connectivity index is 1.52. The molecule has 0 spiro atoms. The van der Waals surface area contributed by atoms with Crippen LogP contribution in [0.2, 0.25) is 0 Å². The highest BCUT2D eigenvalue weighted by atomic mass is 16.5. The van der Waals surface area contributed by atoms with E-state index < -0.39 is 0 Å². The molecule has 8 nitrogen and oxygen atoms in total. The highest BCUT2D eigenvalue weighted by Crippen LogP contribution is 2.27. The van der Waals surface area contributed by atoms with Gasteiger partial charge in [0.15, 0.2) is 17.3 Å². The minimum absolute atomic E-state index is 0.453. The molecule has 3 aromatic rings. The summed E-state index contributed by atoms with van der Waals surface area (Å²) in [5.41, 5.74) is 2.23. The van der Waals surface area contributed by atoms with Crippen LogP contribution in [0, 0.1) is 0 Å². The topological polar surface area (TPSA) is 90.4 Å². The van der Waals surface area contributed by atoms with Gasteiger partial charge in [0.05, 0.1) is 27.5 Å². The van der Waals surface area contributed by atoms with Gasteiger partial charge in [-0.3, -0.25) is 0 Å². The van der Waals surface area contributed by atoms with E-state index >= 15 is 0 Å². The molecule has 0 saturated carbocycles. The van der Waals surface area contributed by atoms with Gasteiger partial charge in [0.1, 0.15) is 5.75 Å². The molecule has 2 aromatic carbocycles. The van der Waals surface area contributed by atoms with Gasteiger partial charge in [-0.15, -0.1) is 5.10 Å². The molecular weight excluding hydrogens is 370 g/mol. The van der Waals surface area contributed by atoms with Crippen molar-refractivity contribution in [3.05, 3.63) is 59.8 Å². The van der Waals surface area contributed by atoms with Gasteiger partial charge >= 0.3 is 0 Å². The number of benzene rings is 2. The van der Waals surface area contributed by atoms with Crippen LogP contribution < -0.4 is 24.8 Å². The number of methoxy groups -OCH3 is 3. The predicted octanol–water partition coefficient (Wildman–Crippen LogP) is 3.16. The number of nitrogens with one attached hydrogen (secondary N) is 2. The summed E-state index contributed by atoms with van der Waals surface area (Å²) in [5.74, 6) is 3.35. The molecule has 0 aliphatic carbocycles. The average molecular weight is 395 g/mol. The first-order valence-electron chi connectivity index (χ1n) is 9.23. The van der Waals surface area contributed by atoms with Gasteiger partial charge in [0, 0.05) is 13.1 Å². The fourth-order valence-electron chi connectivity index (χ4n) is 2.76. The quantitative estimate of drug-likeness (QED) is 0.541. The van der Waals surface area contributed by atoms with Crippen molar-refractivity contribution in [3.8, 4) is 17.2 Å². The fourth-order valence-corrected chi connectivity index (χ4v) is 2.76. The van der Waals surface area contributed by atoms with E-state index in [-0.39, 0.29) is 0 Å². The Morgan fingerprint density at radius 3 is 2.31 bits per heavy atom. The van der Waals surface area contributed by atoms with E-state index in [1.54, 1.807) is 27.5 Å². The van der Waals surface area contributed by atoms with Crippen LogP contribution in [-0.4, -0.2) is 43.1 Å². The highest BCUT2D eigenvalue weighted by molar-refractivity contribution is 5.44. The standard InChI is InChI=1S/C21H25N5O3/c1-27-17-7-4-15(5-8-17)10-11-22-20-14-24-26-21(25-20)23-13-16-6-9-18(28-2)19(12-16)29-3/h4-9,12,14H,10-11,13H2,1-3H3,(H2,22,23,25,26). The molecule has 2 N–H and O–H groups in total. The summed E-state index contributed by atoms with van der Waals surface area (Å²) in [7, 11) is 4.89. The molecule has 0 radical (unpaired) electrons. The van der Waals surface area contributed by atoms with Gasteiger partial charge in [0.25, 0.3) is 0 Å². The number of aromatic nitrogens is 3. The summed E-state index contributed by atoms with van der Waals surface area (Å²) in [6, 6.07) is 13.8. The number of nitrogens with zero attached hydrogens (tertiary/aromatic N) is 3. The van der Waals surface area contributed by atoms with E-state index in [1.165, 1.54) is 5.56 Å². The summed E-state index contributed by atoms with van der Waals surface area (Å²) in [4.78, 5) is 4.45. The first-order chi connectivity index (χ1) is 14.2. The molecule has 1 aromatic heterocycles. The molecule has 0 unspecified atom stereocenters. The predicted molar refractivity (Wildman–Crippen MR) is 112 cm³/mol. The Kier molecular flexibility index (Phi) is 7.05. The summed E-state index contributed by atoms with van der Waals surface area (Å²) in [6.45, 7) is 1.28. The molecule has 1 heterocycles. The van der Waals surface area contributed by atoms with Crippen LogP contribution >= 0.6 is 0 Å². The van der Waals surface area contributed by atoms with Crippen LogP contribution in [0.4, 0.5) is 11.8 Å². The lowest BCUT2D eigenvalue weighted by Gasteiger charge is -2.11. The van der Waals surface area contributed by atoms with Crippen molar-refractivity contribution in [2.75, 3.05) is 38.5 Å². The summed E-state index contributed by atoms with van der Waals surface area (Å²) in [6.07, 6.45) is 2.47. The lowest BCUT2D eigenvalue weighted by atomic mass is 10.1. The van der Waals surface area contributed by atoms with Gasteiger partial charge in [-0.05, 0) is 41.8 Å². The SMILES string of the molecule is COc1ccc(CCNc2cnnc(NCc3ccc(OC)c(OC)c3)n2)cc1. The summed E-state index contributed by atoms with van der Waals surface area (Å²) in [5, 5.41) is 14.5. The second-order valence-corrected chi connectivity index (χ2v) is 6.23. The minimum atomic E-state index is 0.453. The van der Waals surface area contributed by atoms with E-state index in [1.807, 2.05) is 30.3 Å². The molecule has 0 aliphatic heterocycles. The van der Waals surface area contributed by atoms with Crippen molar-refractivity contribution in [2.24, 2.45) is 0 Å². The molecular formula is C21H25N5O3. The number of anilines is 2. The maximum Gasteiger partial charge on any atom is 0.244 e. The lowest BCUT2D eigenvalue weighted by Crippen LogP contribution is -2.10. The molecule has 8 heteroatoms. The summed E-state index contributed by atoms with van der Waals surface area (Å²) < 4.78 is 15.8. The zero-order valence-corrected chi connectivity index (χ0v) is 16.8. The molecule has 0 amide bonds. The van der Waals surface area contributed by atoms with Crippen molar-refractivity contribution in [2.45, 2.75) is 13.0 Å². The molecule has 0 aliphatic rings. The Hall–Kier alpha value is -3.55. The van der Waals surface area contributed by atoms with Crippen molar-refractivity contribution < 1.29 is 14.2 Å². The molecule has 3 rings (SSSR count). The van der Waals surface area contributed by atoms with Crippen molar-refractivity contribution in [3.63, 3.8) is 0 Å². The van der Waals surface area contributed by atoms with Crippen LogP contribution in [-0.2, 0) is 13.0 Å². The second kappa shape index (κ2) is 10.1. The maximum absolute atomic E-state index is 5.33. The number of rotatable bonds is 10. The average Bonchev–Trinajstić information content (AvgIpc) is 2.78. The first kappa shape index (κ1) is 20.2. The third-order valence-electron chi connectivity index (χ3n) is 4.34. The number of hydrogen-bond donors (Lipinski definition) is 2. The first-order valence-corrected chi connectivity index (χ1v) is 9.23. The van der Waals surface area contributed by atoms with Crippen LogP contribution in [0.3, 0.4) is 0 Å².